The van der Waals surface area contributed by atoms with Crippen LogP contribution in [0, 0.1) is 13.8 Å². The van der Waals surface area contributed by atoms with Crippen LogP contribution in [0.5, 0.6) is 0 Å². The van der Waals surface area contributed by atoms with Crippen molar-refractivity contribution in [1.82, 2.24) is 14.5 Å². The molecule has 4 rings (SSSR count). The van der Waals surface area contributed by atoms with Crippen LogP contribution in [0.3, 0.4) is 0 Å². The summed E-state index contributed by atoms with van der Waals surface area (Å²) in [5, 5.41) is 10.2. The van der Waals surface area contributed by atoms with Gasteiger partial charge >= 0.3 is 0 Å². The Labute approximate surface area is 162 Å². The lowest BCUT2D eigenvalue weighted by Crippen LogP contribution is -2.37. The van der Waals surface area contributed by atoms with E-state index in [4.69, 9.17) is 4.42 Å². The van der Waals surface area contributed by atoms with E-state index < -0.39 is 10.0 Å². The summed E-state index contributed by atoms with van der Waals surface area (Å²) in [5.41, 5.74) is 2.08. The topological polar surface area (TPSA) is 76.3 Å². The summed E-state index contributed by atoms with van der Waals surface area (Å²) in [5.74, 6) is 0.950. The zero-order chi connectivity index (χ0) is 19.0. The molecular weight excluding hydrogens is 382 g/mol. The molecule has 3 aromatic rings. The third kappa shape index (κ3) is 3.56. The standard InChI is InChI=1S/C19H21N3O3S2/c1-13-5-6-16(12-14(13)2)27(23,24)22-9-7-15(8-10-22)18-20-21-19(26-18)17-4-3-11-25-17/h3-6,11-12,15H,7-10H2,1-2H3. The number of nitrogens with zero attached hydrogens (tertiary/aromatic N) is 3. The fraction of sp³-hybridized carbons (Fsp3) is 0.368. The zero-order valence-electron chi connectivity index (χ0n) is 15.3. The second-order valence-corrected chi connectivity index (χ2v) is 9.79. The average Bonchev–Trinajstić information content (AvgIpc) is 3.35. The first-order chi connectivity index (χ1) is 12.9. The van der Waals surface area contributed by atoms with E-state index in [2.05, 4.69) is 10.2 Å². The van der Waals surface area contributed by atoms with Gasteiger partial charge in [0.05, 0.1) is 11.2 Å². The molecule has 0 spiro atoms. The van der Waals surface area contributed by atoms with Gasteiger partial charge in [-0.15, -0.1) is 10.2 Å². The maximum atomic E-state index is 12.9. The van der Waals surface area contributed by atoms with Crippen LogP contribution < -0.4 is 0 Å². The van der Waals surface area contributed by atoms with Crippen molar-refractivity contribution in [1.29, 1.82) is 0 Å². The van der Waals surface area contributed by atoms with Gasteiger partial charge in [0.15, 0.2) is 10.8 Å². The molecule has 6 nitrogen and oxygen atoms in total. The lowest BCUT2D eigenvalue weighted by Gasteiger charge is -2.30. The van der Waals surface area contributed by atoms with Crippen molar-refractivity contribution in [3.05, 3.63) is 52.7 Å². The Hall–Kier alpha value is -2.03. The first kappa shape index (κ1) is 18.3. The van der Waals surface area contributed by atoms with Crippen LogP contribution in [-0.4, -0.2) is 36.0 Å². The van der Waals surface area contributed by atoms with Crippen LogP contribution in [0.4, 0.5) is 0 Å². The SMILES string of the molecule is Cc1ccc(S(=O)(=O)N2CCC(c3nnc(-c4ccco4)s3)CC2)cc1C. The van der Waals surface area contributed by atoms with Gasteiger partial charge in [-0.1, -0.05) is 17.4 Å². The summed E-state index contributed by atoms with van der Waals surface area (Å²) >= 11 is 1.52. The molecule has 0 saturated carbocycles. The van der Waals surface area contributed by atoms with Gasteiger partial charge in [-0.25, -0.2) is 8.42 Å². The van der Waals surface area contributed by atoms with Crippen molar-refractivity contribution < 1.29 is 12.8 Å². The molecule has 0 aliphatic carbocycles. The van der Waals surface area contributed by atoms with Gasteiger partial charge in [0.2, 0.25) is 10.0 Å². The molecule has 1 aromatic carbocycles. The van der Waals surface area contributed by atoms with E-state index in [0.717, 1.165) is 34.0 Å². The number of rotatable bonds is 4. The first-order valence-corrected chi connectivity index (χ1v) is 11.2. The smallest absolute Gasteiger partial charge is 0.243 e. The fourth-order valence-corrected chi connectivity index (χ4v) is 5.80. The summed E-state index contributed by atoms with van der Waals surface area (Å²) in [6.45, 7) is 4.91. The number of hydrogen-bond donors (Lipinski definition) is 0. The summed E-state index contributed by atoms with van der Waals surface area (Å²) in [7, 11) is -3.45. The molecule has 27 heavy (non-hydrogen) atoms. The minimum absolute atomic E-state index is 0.234. The molecule has 0 amide bonds. The highest BCUT2D eigenvalue weighted by Crippen LogP contribution is 2.35. The summed E-state index contributed by atoms with van der Waals surface area (Å²) in [6, 6.07) is 9.02. The molecule has 3 heterocycles. The average molecular weight is 404 g/mol. The van der Waals surface area contributed by atoms with Crippen molar-refractivity contribution in [3.63, 3.8) is 0 Å². The maximum absolute atomic E-state index is 12.9. The molecule has 1 aliphatic rings. The molecule has 0 atom stereocenters. The van der Waals surface area contributed by atoms with Crippen LogP contribution in [0.2, 0.25) is 0 Å². The lowest BCUT2D eigenvalue weighted by atomic mass is 9.99. The van der Waals surface area contributed by atoms with Crippen LogP contribution in [0.15, 0.2) is 45.9 Å². The predicted octanol–water partition coefficient (Wildman–Crippen LogP) is 3.98. The Bertz CT molecular complexity index is 1030. The highest BCUT2D eigenvalue weighted by Gasteiger charge is 2.31. The summed E-state index contributed by atoms with van der Waals surface area (Å²) in [6.07, 6.45) is 3.11. The zero-order valence-corrected chi connectivity index (χ0v) is 16.9. The molecular formula is C19H21N3O3S2. The molecule has 0 unspecified atom stereocenters. The Morgan fingerprint density at radius 1 is 1.11 bits per heavy atom. The van der Waals surface area contributed by atoms with Gasteiger partial charge in [-0.3, -0.25) is 0 Å². The number of aromatic nitrogens is 2. The highest BCUT2D eigenvalue weighted by atomic mass is 32.2. The van der Waals surface area contributed by atoms with Crippen LogP contribution in [-0.2, 0) is 10.0 Å². The van der Waals surface area contributed by atoms with Gasteiger partial charge in [-0.05, 0) is 62.1 Å². The maximum Gasteiger partial charge on any atom is 0.243 e. The number of aryl methyl sites for hydroxylation is 2. The van der Waals surface area contributed by atoms with Crippen LogP contribution in [0.25, 0.3) is 10.8 Å². The van der Waals surface area contributed by atoms with Crippen molar-refractivity contribution in [2.75, 3.05) is 13.1 Å². The molecule has 1 saturated heterocycles. The van der Waals surface area contributed by atoms with E-state index in [1.54, 1.807) is 22.7 Å². The van der Waals surface area contributed by atoms with Crippen molar-refractivity contribution in [3.8, 4) is 10.8 Å². The molecule has 1 fully saturated rings. The molecule has 2 aromatic heterocycles. The molecule has 1 aliphatic heterocycles. The number of sulfonamides is 1. The largest absolute Gasteiger partial charge is 0.462 e. The van der Waals surface area contributed by atoms with Gasteiger partial charge < -0.3 is 4.42 Å². The van der Waals surface area contributed by atoms with Gasteiger partial charge in [0.1, 0.15) is 5.01 Å². The van der Waals surface area contributed by atoms with Crippen LogP contribution >= 0.6 is 11.3 Å². The normalized spacial score (nSPS) is 16.7. The second kappa shape index (κ2) is 7.18. The minimum atomic E-state index is -3.45. The van der Waals surface area contributed by atoms with E-state index >= 15 is 0 Å². The summed E-state index contributed by atoms with van der Waals surface area (Å²) < 4.78 is 32.8. The Morgan fingerprint density at radius 2 is 1.89 bits per heavy atom. The minimum Gasteiger partial charge on any atom is -0.462 e. The molecule has 0 N–H and O–H groups in total. The number of piperidine rings is 1. The molecule has 142 valence electrons. The third-order valence-corrected chi connectivity index (χ3v) is 8.09. The van der Waals surface area contributed by atoms with Gasteiger partial charge in [0, 0.05) is 19.0 Å². The van der Waals surface area contributed by atoms with Crippen molar-refractivity contribution in [2.45, 2.75) is 37.5 Å². The summed E-state index contributed by atoms with van der Waals surface area (Å²) in [4.78, 5) is 0.375. The highest BCUT2D eigenvalue weighted by molar-refractivity contribution is 7.89. The van der Waals surface area contributed by atoms with E-state index in [9.17, 15) is 8.42 Å². The van der Waals surface area contributed by atoms with E-state index in [-0.39, 0.29) is 5.92 Å². The second-order valence-electron chi connectivity index (χ2n) is 6.85. The predicted molar refractivity (Wildman–Crippen MR) is 104 cm³/mol. The van der Waals surface area contributed by atoms with E-state index in [1.165, 1.54) is 11.3 Å². The number of benzene rings is 1. The Balaban J connectivity index is 1.46. The van der Waals surface area contributed by atoms with E-state index in [1.807, 2.05) is 32.0 Å². The van der Waals surface area contributed by atoms with Gasteiger partial charge in [-0.2, -0.15) is 4.31 Å². The van der Waals surface area contributed by atoms with Crippen molar-refractivity contribution >= 4 is 21.4 Å². The first-order valence-electron chi connectivity index (χ1n) is 8.90. The molecule has 8 heteroatoms. The van der Waals surface area contributed by atoms with Crippen LogP contribution in [0.1, 0.15) is 34.9 Å². The lowest BCUT2D eigenvalue weighted by molar-refractivity contribution is 0.318. The molecule has 0 bridgehead atoms. The number of hydrogen-bond acceptors (Lipinski definition) is 6. The fourth-order valence-electron chi connectivity index (χ4n) is 3.27. The van der Waals surface area contributed by atoms with Gasteiger partial charge in [0.25, 0.3) is 0 Å². The Kier molecular flexibility index (Phi) is 4.88. The quantitative estimate of drug-likeness (QED) is 0.658. The monoisotopic (exact) mass is 403 g/mol. The van der Waals surface area contributed by atoms with Crippen molar-refractivity contribution in [2.24, 2.45) is 0 Å². The Morgan fingerprint density at radius 3 is 2.56 bits per heavy atom. The van der Waals surface area contributed by atoms with E-state index in [0.29, 0.717) is 23.7 Å². The molecule has 0 radical (unpaired) electrons. The third-order valence-electron chi connectivity index (χ3n) is 5.09. The number of furan rings is 1.